The van der Waals surface area contributed by atoms with Crippen molar-refractivity contribution >= 4 is 11.8 Å². The first kappa shape index (κ1) is 22.1. The van der Waals surface area contributed by atoms with Gasteiger partial charge < -0.3 is 15.3 Å². The summed E-state index contributed by atoms with van der Waals surface area (Å²) in [5.41, 5.74) is 1.16. The van der Waals surface area contributed by atoms with Crippen LogP contribution in [0.3, 0.4) is 0 Å². The summed E-state index contributed by atoms with van der Waals surface area (Å²) >= 11 is 0. The zero-order chi connectivity index (χ0) is 20.4. The third kappa shape index (κ3) is 7.41. The molecule has 0 heterocycles. The summed E-state index contributed by atoms with van der Waals surface area (Å²) < 4.78 is 0. The molecule has 1 aliphatic carbocycles. The van der Waals surface area contributed by atoms with Crippen LogP contribution in [0, 0.1) is 11.8 Å². The topological polar surface area (TPSA) is 94.8 Å². The number of unbranched alkanes of at least 4 members (excludes halogenated alkanes) is 1. The van der Waals surface area contributed by atoms with Crippen molar-refractivity contribution in [3.63, 3.8) is 0 Å². The van der Waals surface area contributed by atoms with Crippen molar-refractivity contribution in [2.45, 2.75) is 57.2 Å². The van der Waals surface area contributed by atoms with Gasteiger partial charge in [-0.1, -0.05) is 54.6 Å². The molecule has 5 heteroatoms. The zero-order valence-corrected chi connectivity index (χ0v) is 16.1. The van der Waals surface area contributed by atoms with Crippen molar-refractivity contribution in [3.05, 3.63) is 60.2 Å². The number of Topliss-reactive ketones (excluding diaryl/α,β-unsaturated/α-hetero) is 1. The number of carbonyl (C=O) groups is 2. The molecule has 0 radical (unpaired) electrons. The summed E-state index contributed by atoms with van der Waals surface area (Å²) in [5.74, 6) is -1.38. The molecule has 2 rings (SSSR count). The van der Waals surface area contributed by atoms with Gasteiger partial charge in [0.2, 0.25) is 0 Å². The highest BCUT2D eigenvalue weighted by atomic mass is 16.4. The Morgan fingerprint density at radius 3 is 2.68 bits per heavy atom. The summed E-state index contributed by atoms with van der Waals surface area (Å²) in [6.45, 7) is 0. The number of hydrogen-bond acceptors (Lipinski definition) is 4. The molecule has 1 aliphatic rings. The molecule has 0 unspecified atom stereocenters. The number of rotatable bonds is 11. The Morgan fingerprint density at radius 1 is 1.21 bits per heavy atom. The number of benzene rings is 1. The van der Waals surface area contributed by atoms with Gasteiger partial charge in [0.15, 0.2) is 0 Å². The standard InChI is InChI=1S/C23H30O5/c24-18(13-12-17-8-4-3-5-9-17)14-15-20-19(21(25)16-22(20)26)10-6-1-2-7-11-23(27)28/h1,3-6,8-9,14-15,18-21,24-25H,2,7,10-13,16H2,(H,27,28)/b6-1-,15-14+/t18-,19+,20+,21+/m0/s1. The average Bonchev–Trinajstić information content (AvgIpc) is 2.94. The molecule has 28 heavy (non-hydrogen) atoms. The van der Waals surface area contributed by atoms with Crippen LogP contribution in [0.25, 0.3) is 0 Å². The first-order valence-corrected chi connectivity index (χ1v) is 9.95. The summed E-state index contributed by atoms with van der Waals surface area (Å²) in [6.07, 6.45) is 9.39. The summed E-state index contributed by atoms with van der Waals surface area (Å²) in [4.78, 5) is 22.7. The van der Waals surface area contributed by atoms with Crippen molar-refractivity contribution in [2.24, 2.45) is 11.8 Å². The highest BCUT2D eigenvalue weighted by Gasteiger charge is 2.39. The number of allylic oxidation sites excluding steroid dienone is 3. The zero-order valence-electron chi connectivity index (χ0n) is 16.1. The van der Waals surface area contributed by atoms with E-state index in [2.05, 4.69) is 0 Å². The minimum atomic E-state index is -0.804. The third-order valence-electron chi connectivity index (χ3n) is 5.19. The lowest BCUT2D eigenvalue weighted by Gasteiger charge is -2.17. The van der Waals surface area contributed by atoms with Crippen molar-refractivity contribution in [3.8, 4) is 0 Å². The Kier molecular flexibility index (Phi) is 9.11. The second-order valence-electron chi connectivity index (χ2n) is 7.40. The van der Waals surface area contributed by atoms with Gasteiger partial charge in [0.25, 0.3) is 0 Å². The molecule has 0 amide bonds. The van der Waals surface area contributed by atoms with Gasteiger partial charge >= 0.3 is 5.97 Å². The average molecular weight is 386 g/mol. The number of aliphatic hydroxyl groups is 2. The van der Waals surface area contributed by atoms with Gasteiger partial charge in [-0.3, -0.25) is 9.59 Å². The fraction of sp³-hybridized carbons (Fsp3) is 0.478. The van der Waals surface area contributed by atoms with E-state index in [0.29, 0.717) is 25.7 Å². The van der Waals surface area contributed by atoms with Crippen LogP contribution >= 0.6 is 0 Å². The van der Waals surface area contributed by atoms with Crippen molar-refractivity contribution in [1.29, 1.82) is 0 Å². The fourth-order valence-electron chi connectivity index (χ4n) is 3.57. The van der Waals surface area contributed by atoms with Crippen LogP contribution in [0.1, 0.15) is 44.1 Å². The maximum absolute atomic E-state index is 12.2. The lowest BCUT2D eigenvalue weighted by atomic mass is 9.90. The van der Waals surface area contributed by atoms with Crippen LogP contribution in [0.15, 0.2) is 54.6 Å². The molecular weight excluding hydrogens is 356 g/mol. The van der Waals surface area contributed by atoms with Crippen molar-refractivity contribution < 1.29 is 24.9 Å². The SMILES string of the molecule is O=C(O)CCC/C=C\C[C@H]1[C@H](O)CC(=O)[C@@H]1/C=C/[C@@H](O)CCc1ccccc1. The lowest BCUT2D eigenvalue weighted by molar-refractivity contribution is -0.137. The summed E-state index contributed by atoms with van der Waals surface area (Å²) in [7, 11) is 0. The predicted molar refractivity (Wildman–Crippen MR) is 108 cm³/mol. The number of aliphatic carboxylic acids is 1. The van der Waals surface area contributed by atoms with E-state index in [1.54, 1.807) is 12.2 Å². The number of carboxylic acid groups (broad SMARTS) is 1. The molecule has 1 aromatic rings. The van der Waals surface area contributed by atoms with Gasteiger partial charge in [-0.15, -0.1) is 0 Å². The van der Waals surface area contributed by atoms with Gasteiger partial charge in [0, 0.05) is 24.7 Å². The number of aryl methyl sites for hydroxylation is 1. The van der Waals surface area contributed by atoms with Crippen LogP contribution < -0.4 is 0 Å². The number of aliphatic hydroxyl groups excluding tert-OH is 2. The van der Waals surface area contributed by atoms with Crippen LogP contribution in [-0.4, -0.2) is 39.3 Å². The molecule has 1 aromatic carbocycles. The van der Waals surface area contributed by atoms with Crippen LogP contribution in [0.5, 0.6) is 0 Å². The molecular formula is C23H30O5. The monoisotopic (exact) mass is 386 g/mol. The summed E-state index contributed by atoms with van der Waals surface area (Å²) in [6, 6.07) is 9.93. The fourth-order valence-corrected chi connectivity index (χ4v) is 3.57. The number of ketones is 1. The van der Waals surface area contributed by atoms with E-state index in [9.17, 15) is 19.8 Å². The molecule has 4 atom stereocenters. The maximum Gasteiger partial charge on any atom is 0.303 e. The van der Waals surface area contributed by atoms with Gasteiger partial charge in [-0.2, -0.15) is 0 Å². The van der Waals surface area contributed by atoms with E-state index >= 15 is 0 Å². The van der Waals surface area contributed by atoms with Gasteiger partial charge in [-0.05, 0) is 37.7 Å². The molecule has 3 N–H and O–H groups in total. The number of carboxylic acids is 1. The second-order valence-corrected chi connectivity index (χ2v) is 7.40. The van der Waals surface area contributed by atoms with E-state index in [1.165, 1.54) is 0 Å². The van der Waals surface area contributed by atoms with Crippen LogP contribution in [0.2, 0.25) is 0 Å². The molecule has 0 aromatic heterocycles. The molecule has 5 nitrogen and oxygen atoms in total. The Morgan fingerprint density at radius 2 is 1.96 bits per heavy atom. The van der Waals surface area contributed by atoms with E-state index in [0.717, 1.165) is 12.0 Å². The minimum Gasteiger partial charge on any atom is -0.481 e. The van der Waals surface area contributed by atoms with E-state index in [-0.39, 0.29) is 30.5 Å². The molecule has 1 saturated carbocycles. The molecule has 0 spiro atoms. The first-order valence-electron chi connectivity index (χ1n) is 9.95. The van der Waals surface area contributed by atoms with E-state index in [1.807, 2.05) is 42.5 Å². The normalized spacial score (nSPS) is 23.6. The van der Waals surface area contributed by atoms with E-state index < -0.39 is 18.2 Å². The van der Waals surface area contributed by atoms with Crippen molar-refractivity contribution in [1.82, 2.24) is 0 Å². The quantitative estimate of drug-likeness (QED) is 0.401. The molecule has 152 valence electrons. The second kappa shape index (κ2) is 11.6. The Labute approximate surface area is 166 Å². The van der Waals surface area contributed by atoms with Gasteiger partial charge in [0.05, 0.1) is 12.2 Å². The smallest absolute Gasteiger partial charge is 0.303 e. The van der Waals surface area contributed by atoms with Crippen LogP contribution in [0.4, 0.5) is 0 Å². The van der Waals surface area contributed by atoms with Crippen LogP contribution in [-0.2, 0) is 16.0 Å². The third-order valence-corrected chi connectivity index (χ3v) is 5.19. The predicted octanol–water partition coefficient (Wildman–Crippen LogP) is 3.30. The maximum atomic E-state index is 12.2. The number of carbonyl (C=O) groups excluding carboxylic acids is 1. The largest absolute Gasteiger partial charge is 0.481 e. The summed E-state index contributed by atoms with van der Waals surface area (Å²) in [5, 5.41) is 29.0. The van der Waals surface area contributed by atoms with E-state index in [4.69, 9.17) is 5.11 Å². The molecule has 0 aliphatic heterocycles. The molecule has 1 fully saturated rings. The first-order chi connectivity index (χ1) is 13.5. The van der Waals surface area contributed by atoms with Gasteiger partial charge in [0.1, 0.15) is 5.78 Å². The number of hydrogen-bond donors (Lipinski definition) is 3. The molecule has 0 saturated heterocycles. The molecule has 0 bridgehead atoms. The highest BCUT2D eigenvalue weighted by Crippen LogP contribution is 2.33. The Hall–Kier alpha value is -2.24. The van der Waals surface area contributed by atoms with Crippen molar-refractivity contribution in [2.75, 3.05) is 0 Å². The van der Waals surface area contributed by atoms with Gasteiger partial charge in [-0.25, -0.2) is 0 Å². The minimum absolute atomic E-state index is 0.00304. The lowest BCUT2D eigenvalue weighted by Crippen LogP contribution is -2.19. The Bertz CT molecular complexity index is 679. The Balaban J connectivity index is 1.82. The highest BCUT2D eigenvalue weighted by molar-refractivity contribution is 5.86.